The zero-order valence-corrected chi connectivity index (χ0v) is 9.34. The molecule has 2 N–H and O–H groups in total. The Balaban J connectivity index is 2.70. The predicted octanol–water partition coefficient (Wildman–Crippen LogP) is 3.49. The van der Waals surface area contributed by atoms with E-state index >= 15 is 0 Å². The number of nitrogen functional groups attached to an aromatic ring is 1. The fourth-order valence-electron chi connectivity index (χ4n) is 1.29. The van der Waals surface area contributed by atoms with E-state index in [0.717, 1.165) is 12.8 Å². The molecule has 0 radical (unpaired) electrons. The number of halogens is 1. The van der Waals surface area contributed by atoms with Crippen LogP contribution in [-0.2, 0) is 0 Å². The number of ether oxygens (including phenoxy) is 1. The summed E-state index contributed by atoms with van der Waals surface area (Å²) < 4.78 is 5.66. The van der Waals surface area contributed by atoms with Gasteiger partial charge in [0.25, 0.3) is 0 Å². The molecule has 1 aromatic carbocycles. The first-order valence-electron chi connectivity index (χ1n) is 4.85. The maximum atomic E-state index is 5.84. The molecule has 0 aliphatic heterocycles. The van der Waals surface area contributed by atoms with Crippen LogP contribution in [-0.4, -0.2) is 6.10 Å². The second-order valence-electron chi connectivity index (χ2n) is 3.40. The van der Waals surface area contributed by atoms with Crippen molar-refractivity contribution in [2.45, 2.75) is 32.8 Å². The summed E-state index contributed by atoms with van der Waals surface area (Å²) in [5, 5.41) is 0.651. The molecule has 0 saturated carbocycles. The van der Waals surface area contributed by atoms with Crippen molar-refractivity contribution in [2.75, 3.05) is 5.73 Å². The van der Waals surface area contributed by atoms with E-state index in [-0.39, 0.29) is 6.10 Å². The average Bonchev–Trinajstić information content (AvgIpc) is 2.12. The lowest BCUT2D eigenvalue weighted by Crippen LogP contribution is -2.12. The minimum absolute atomic E-state index is 0.181. The largest absolute Gasteiger partial charge is 0.489 e. The Morgan fingerprint density at radius 3 is 2.86 bits per heavy atom. The fraction of sp³-hybridized carbons (Fsp3) is 0.455. The number of hydrogen-bond acceptors (Lipinski definition) is 2. The van der Waals surface area contributed by atoms with Crippen LogP contribution in [0.5, 0.6) is 5.75 Å². The van der Waals surface area contributed by atoms with E-state index in [2.05, 4.69) is 6.92 Å². The van der Waals surface area contributed by atoms with Gasteiger partial charge in [0.05, 0.1) is 11.8 Å². The smallest absolute Gasteiger partial charge is 0.144 e. The number of rotatable bonds is 4. The summed E-state index contributed by atoms with van der Waals surface area (Å²) in [6, 6.07) is 5.27. The Labute approximate surface area is 90.0 Å². The molecule has 2 nitrogen and oxygen atoms in total. The average molecular weight is 214 g/mol. The predicted molar refractivity (Wildman–Crippen MR) is 60.9 cm³/mol. The standard InChI is InChI=1S/C11H16ClNO/c1-3-4-8(2)14-11-7-9(12)5-6-10(11)13/h5-8H,3-4,13H2,1-2H3. The van der Waals surface area contributed by atoms with Crippen molar-refractivity contribution >= 4 is 17.3 Å². The van der Waals surface area contributed by atoms with Gasteiger partial charge in [0, 0.05) is 11.1 Å². The van der Waals surface area contributed by atoms with Crippen molar-refractivity contribution in [1.29, 1.82) is 0 Å². The van der Waals surface area contributed by atoms with E-state index in [1.54, 1.807) is 18.2 Å². The zero-order valence-electron chi connectivity index (χ0n) is 8.59. The Kier molecular flexibility index (Phi) is 4.08. The third-order valence-corrected chi connectivity index (χ3v) is 2.23. The summed E-state index contributed by atoms with van der Waals surface area (Å²) in [5.74, 6) is 0.679. The van der Waals surface area contributed by atoms with Gasteiger partial charge in [0.15, 0.2) is 0 Å². The summed E-state index contributed by atoms with van der Waals surface area (Å²) in [5.41, 5.74) is 6.39. The second-order valence-corrected chi connectivity index (χ2v) is 3.84. The maximum Gasteiger partial charge on any atom is 0.144 e. The lowest BCUT2D eigenvalue weighted by molar-refractivity contribution is 0.211. The van der Waals surface area contributed by atoms with Crippen molar-refractivity contribution in [2.24, 2.45) is 0 Å². The highest BCUT2D eigenvalue weighted by molar-refractivity contribution is 6.30. The zero-order chi connectivity index (χ0) is 10.6. The molecule has 14 heavy (non-hydrogen) atoms. The summed E-state index contributed by atoms with van der Waals surface area (Å²) in [7, 11) is 0. The quantitative estimate of drug-likeness (QED) is 0.778. The van der Waals surface area contributed by atoms with Crippen LogP contribution in [0.25, 0.3) is 0 Å². The van der Waals surface area contributed by atoms with Crippen molar-refractivity contribution in [3.05, 3.63) is 23.2 Å². The molecule has 0 aromatic heterocycles. The first-order chi connectivity index (χ1) is 6.63. The van der Waals surface area contributed by atoms with E-state index in [1.165, 1.54) is 0 Å². The molecule has 0 spiro atoms. The van der Waals surface area contributed by atoms with Gasteiger partial charge in [-0.15, -0.1) is 0 Å². The SMILES string of the molecule is CCCC(C)Oc1cc(Cl)ccc1N. The van der Waals surface area contributed by atoms with Gasteiger partial charge in [-0.3, -0.25) is 0 Å². The van der Waals surface area contributed by atoms with Crippen molar-refractivity contribution in [3.8, 4) is 5.75 Å². The lowest BCUT2D eigenvalue weighted by Gasteiger charge is -2.15. The van der Waals surface area contributed by atoms with Gasteiger partial charge in [-0.1, -0.05) is 24.9 Å². The van der Waals surface area contributed by atoms with E-state index < -0.39 is 0 Å². The molecule has 0 fully saturated rings. The van der Waals surface area contributed by atoms with E-state index in [9.17, 15) is 0 Å². The van der Waals surface area contributed by atoms with Crippen LogP contribution in [0.1, 0.15) is 26.7 Å². The molecule has 1 rings (SSSR count). The van der Waals surface area contributed by atoms with Crippen molar-refractivity contribution in [1.82, 2.24) is 0 Å². The Hall–Kier alpha value is -0.890. The van der Waals surface area contributed by atoms with Crippen molar-refractivity contribution < 1.29 is 4.74 Å². The molecule has 0 aliphatic carbocycles. The van der Waals surface area contributed by atoms with Crippen LogP contribution in [0.2, 0.25) is 5.02 Å². The summed E-state index contributed by atoms with van der Waals surface area (Å²) >= 11 is 5.84. The Bertz CT molecular complexity index is 301. The van der Waals surface area contributed by atoms with E-state index in [4.69, 9.17) is 22.1 Å². The topological polar surface area (TPSA) is 35.2 Å². The van der Waals surface area contributed by atoms with Gasteiger partial charge in [-0.05, 0) is 25.5 Å². The van der Waals surface area contributed by atoms with Crippen LogP contribution in [0, 0.1) is 0 Å². The molecule has 0 bridgehead atoms. The van der Waals surface area contributed by atoms with Crippen LogP contribution < -0.4 is 10.5 Å². The van der Waals surface area contributed by atoms with Gasteiger partial charge in [0.1, 0.15) is 5.75 Å². The monoisotopic (exact) mass is 213 g/mol. The minimum atomic E-state index is 0.181. The van der Waals surface area contributed by atoms with Crippen LogP contribution in [0.15, 0.2) is 18.2 Å². The Morgan fingerprint density at radius 1 is 1.50 bits per heavy atom. The normalized spacial score (nSPS) is 12.5. The van der Waals surface area contributed by atoms with Gasteiger partial charge in [0.2, 0.25) is 0 Å². The first kappa shape index (κ1) is 11.2. The third kappa shape index (κ3) is 3.11. The highest BCUT2D eigenvalue weighted by Crippen LogP contribution is 2.26. The van der Waals surface area contributed by atoms with Gasteiger partial charge in [-0.25, -0.2) is 0 Å². The molecule has 78 valence electrons. The number of benzene rings is 1. The van der Waals surface area contributed by atoms with E-state index in [0.29, 0.717) is 16.5 Å². The number of nitrogens with two attached hydrogens (primary N) is 1. The van der Waals surface area contributed by atoms with Crippen LogP contribution in [0.4, 0.5) is 5.69 Å². The number of anilines is 1. The molecular formula is C11H16ClNO. The second kappa shape index (κ2) is 5.11. The van der Waals surface area contributed by atoms with Crippen LogP contribution >= 0.6 is 11.6 Å². The third-order valence-electron chi connectivity index (χ3n) is 2.00. The fourth-order valence-corrected chi connectivity index (χ4v) is 1.45. The van der Waals surface area contributed by atoms with Gasteiger partial charge < -0.3 is 10.5 Å². The molecule has 3 heteroatoms. The van der Waals surface area contributed by atoms with E-state index in [1.807, 2.05) is 6.92 Å². The highest BCUT2D eigenvalue weighted by Gasteiger charge is 2.06. The molecule has 0 saturated heterocycles. The van der Waals surface area contributed by atoms with Gasteiger partial charge in [-0.2, -0.15) is 0 Å². The maximum absolute atomic E-state index is 5.84. The molecule has 1 unspecified atom stereocenters. The first-order valence-corrected chi connectivity index (χ1v) is 5.23. The molecule has 0 heterocycles. The van der Waals surface area contributed by atoms with Gasteiger partial charge >= 0.3 is 0 Å². The van der Waals surface area contributed by atoms with Crippen molar-refractivity contribution in [3.63, 3.8) is 0 Å². The Morgan fingerprint density at radius 2 is 2.21 bits per heavy atom. The summed E-state index contributed by atoms with van der Waals surface area (Å²) in [6.45, 7) is 4.16. The van der Waals surface area contributed by atoms with Crippen LogP contribution in [0.3, 0.4) is 0 Å². The lowest BCUT2D eigenvalue weighted by atomic mass is 10.2. The molecule has 1 atom stereocenters. The molecule has 0 aliphatic rings. The highest BCUT2D eigenvalue weighted by atomic mass is 35.5. The molecular weight excluding hydrogens is 198 g/mol. The number of hydrogen-bond donors (Lipinski definition) is 1. The minimum Gasteiger partial charge on any atom is -0.489 e. The summed E-state index contributed by atoms with van der Waals surface area (Å²) in [4.78, 5) is 0. The summed E-state index contributed by atoms with van der Waals surface area (Å²) in [6.07, 6.45) is 2.30. The molecule has 0 amide bonds. The molecule has 1 aromatic rings.